The average Bonchev–Trinajstić information content (AvgIpc) is 2.79. The third-order valence-corrected chi connectivity index (χ3v) is 4.11. The molecule has 3 nitrogen and oxygen atoms in total. The Morgan fingerprint density at radius 2 is 1.87 bits per heavy atom. The zero-order valence-corrected chi connectivity index (χ0v) is 9.58. The molecular weight excluding hydrogens is 192 g/mol. The molecule has 2 aliphatic rings. The molecule has 0 amide bonds. The Bertz CT molecular complexity index is 193. The van der Waals surface area contributed by atoms with Crippen LogP contribution < -0.4 is 0 Å². The third-order valence-electron chi connectivity index (χ3n) is 4.11. The number of rotatable bonds is 3. The van der Waals surface area contributed by atoms with Crippen LogP contribution in [0.5, 0.6) is 0 Å². The van der Waals surface area contributed by atoms with Gasteiger partial charge in [-0.1, -0.05) is 12.8 Å². The van der Waals surface area contributed by atoms with Gasteiger partial charge in [-0.15, -0.1) is 0 Å². The maximum atomic E-state index is 10.4. The lowest BCUT2D eigenvalue weighted by atomic mass is 9.81. The first kappa shape index (κ1) is 11.4. The van der Waals surface area contributed by atoms with Crippen molar-refractivity contribution in [1.82, 2.24) is 0 Å². The number of hydrogen-bond acceptors (Lipinski definition) is 3. The minimum absolute atomic E-state index is 0.248. The normalized spacial score (nSPS) is 29.2. The molecule has 1 aliphatic carbocycles. The molecule has 0 aromatic heterocycles. The molecule has 1 saturated heterocycles. The van der Waals surface area contributed by atoms with E-state index in [0.717, 1.165) is 38.9 Å². The fourth-order valence-electron chi connectivity index (χ4n) is 3.06. The molecule has 2 rings (SSSR count). The molecule has 1 heterocycles. The lowest BCUT2D eigenvalue weighted by Gasteiger charge is -2.39. The van der Waals surface area contributed by atoms with Crippen molar-refractivity contribution >= 4 is 0 Å². The predicted molar refractivity (Wildman–Crippen MR) is 57.8 cm³/mol. The topological polar surface area (TPSA) is 38.7 Å². The molecule has 0 aromatic rings. The summed E-state index contributed by atoms with van der Waals surface area (Å²) in [5.41, 5.74) is -0.248. The number of hydrogen-bond donors (Lipinski definition) is 1. The molecule has 0 bridgehead atoms. The van der Waals surface area contributed by atoms with Gasteiger partial charge in [-0.3, -0.25) is 0 Å². The largest absolute Gasteiger partial charge is 0.390 e. The van der Waals surface area contributed by atoms with Crippen LogP contribution in [0.15, 0.2) is 0 Å². The van der Waals surface area contributed by atoms with E-state index >= 15 is 0 Å². The van der Waals surface area contributed by atoms with Gasteiger partial charge in [-0.25, -0.2) is 0 Å². The van der Waals surface area contributed by atoms with Crippen molar-refractivity contribution in [2.24, 2.45) is 5.92 Å². The van der Waals surface area contributed by atoms with Gasteiger partial charge in [-0.2, -0.15) is 0 Å². The molecule has 0 spiro atoms. The van der Waals surface area contributed by atoms with E-state index in [4.69, 9.17) is 9.47 Å². The SMILES string of the molecule is COC1(C(O)C2CCOCC2)CCCC1. The Labute approximate surface area is 91.8 Å². The summed E-state index contributed by atoms with van der Waals surface area (Å²) < 4.78 is 11.0. The molecule has 2 fully saturated rings. The van der Waals surface area contributed by atoms with Gasteiger partial charge in [0.2, 0.25) is 0 Å². The average molecular weight is 214 g/mol. The maximum Gasteiger partial charge on any atom is 0.0939 e. The second kappa shape index (κ2) is 4.81. The smallest absolute Gasteiger partial charge is 0.0939 e. The Morgan fingerprint density at radius 1 is 1.27 bits per heavy atom. The highest BCUT2D eigenvalue weighted by Gasteiger charge is 2.44. The number of aliphatic hydroxyl groups excluding tert-OH is 1. The zero-order chi connectivity index (χ0) is 10.7. The van der Waals surface area contributed by atoms with E-state index in [9.17, 15) is 5.11 Å². The molecule has 3 heteroatoms. The zero-order valence-electron chi connectivity index (χ0n) is 9.58. The van der Waals surface area contributed by atoms with Gasteiger partial charge in [0, 0.05) is 20.3 Å². The highest BCUT2D eigenvalue weighted by atomic mass is 16.5. The van der Waals surface area contributed by atoms with Crippen LogP contribution in [0, 0.1) is 5.92 Å². The number of ether oxygens (including phenoxy) is 2. The summed E-state index contributed by atoms with van der Waals surface area (Å²) >= 11 is 0. The van der Waals surface area contributed by atoms with Crippen LogP contribution in [-0.2, 0) is 9.47 Å². The monoisotopic (exact) mass is 214 g/mol. The summed E-state index contributed by atoms with van der Waals surface area (Å²) in [6.07, 6.45) is 6.07. The third kappa shape index (κ3) is 2.19. The Balaban J connectivity index is 2.00. The number of methoxy groups -OCH3 is 1. The first-order valence-electron chi connectivity index (χ1n) is 6.09. The van der Waals surface area contributed by atoms with Crippen molar-refractivity contribution in [1.29, 1.82) is 0 Å². The minimum Gasteiger partial charge on any atom is -0.390 e. The van der Waals surface area contributed by atoms with Crippen molar-refractivity contribution in [2.45, 2.75) is 50.2 Å². The maximum absolute atomic E-state index is 10.4. The van der Waals surface area contributed by atoms with Crippen LogP contribution in [0.3, 0.4) is 0 Å². The van der Waals surface area contributed by atoms with Gasteiger partial charge >= 0.3 is 0 Å². The van der Waals surface area contributed by atoms with Crippen molar-refractivity contribution < 1.29 is 14.6 Å². The second-order valence-electron chi connectivity index (χ2n) is 4.87. The Hall–Kier alpha value is -0.120. The van der Waals surface area contributed by atoms with E-state index in [0.29, 0.717) is 5.92 Å². The van der Waals surface area contributed by atoms with Crippen molar-refractivity contribution in [3.63, 3.8) is 0 Å². The van der Waals surface area contributed by atoms with Gasteiger partial charge in [0.1, 0.15) is 0 Å². The summed E-state index contributed by atoms with van der Waals surface area (Å²) in [7, 11) is 1.74. The van der Waals surface area contributed by atoms with Crippen LogP contribution in [0.4, 0.5) is 0 Å². The van der Waals surface area contributed by atoms with Gasteiger partial charge in [0.25, 0.3) is 0 Å². The first-order chi connectivity index (χ1) is 7.28. The van der Waals surface area contributed by atoms with Gasteiger partial charge in [-0.05, 0) is 31.6 Å². The predicted octanol–water partition coefficient (Wildman–Crippen LogP) is 1.73. The summed E-state index contributed by atoms with van der Waals surface area (Å²) in [4.78, 5) is 0. The summed E-state index contributed by atoms with van der Waals surface area (Å²) in [5.74, 6) is 0.372. The molecule has 1 atom stereocenters. The van der Waals surface area contributed by atoms with Gasteiger partial charge < -0.3 is 14.6 Å². The summed E-state index contributed by atoms with van der Waals surface area (Å²) in [6, 6.07) is 0. The molecule has 1 unspecified atom stereocenters. The lowest BCUT2D eigenvalue weighted by Crippen LogP contribution is -2.47. The first-order valence-corrected chi connectivity index (χ1v) is 6.09. The summed E-state index contributed by atoms with van der Waals surface area (Å²) in [6.45, 7) is 1.59. The van der Waals surface area contributed by atoms with Crippen molar-refractivity contribution in [3.8, 4) is 0 Å². The van der Waals surface area contributed by atoms with Crippen molar-refractivity contribution in [2.75, 3.05) is 20.3 Å². The van der Waals surface area contributed by atoms with Crippen LogP contribution >= 0.6 is 0 Å². The van der Waals surface area contributed by atoms with E-state index < -0.39 is 0 Å². The van der Waals surface area contributed by atoms with Crippen molar-refractivity contribution in [3.05, 3.63) is 0 Å². The molecule has 0 aromatic carbocycles. The van der Waals surface area contributed by atoms with E-state index in [1.54, 1.807) is 7.11 Å². The van der Waals surface area contributed by atoms with Crippen LogP contribution in [0.2, 0.25) is 0 Å². The van der Waals surface area contributed by atoms with Gasteiger partial charge in [0.15, 0.2) is 0 Å². The van der Waals surface area contributed by atoms with E-state index in [1.165, 1.54) is 12.8 Å². The highest BCUT2D eigenvalue weighted by Crippen LogP contribution is 2.40. The fraction of sp³-hybridized carbons (Fsp3) is 1.00. The molecule has 15 heavy (non-hydrogen) atoms. The summed E-state index contributed by atoms with van der Waals surface area (Å²) in [5, 5.41) is 10.4. The fourth-order valence-corrected chi connectivity index (χ4v) is 3.06. The van der Waals surface area contributed by atoms with E-state index in [2.05, 4.69) is 0 Å². The number of aliphatic hydroxyl groups is 1. The molecular formula is C12H22O3. The van der Waals surface area contributed by atoms with Crippen LogP contribution in [-0.4, -0.2) is 37.1 Å². The Kier molecular flexibility index (Phi) is 3.65. The van der Waals surface area contributed by atoms with Crippen LogP contribution in [0.25, 0.3) is 0 Å². The Morgan fingerprint density at radius 3 is 2.40 bits per heavy atom. The minimum atomic E-state index is -0.297. The van der Waals surface area contributed by atoms with Crippen LogP contribution in [0.1, 0.15) is 38.5 Å². The molecule has 1 saturated carbocycles. The molecule has 1 N–H and O–H groups in total. The molecule has 88 valence electrons. The highest BCUT2D eigenvalue weighted by molar-refractivity contribution is 4.96. The van der Waals surface area contributed by atoms with E-state index in [-0.39, 0.29) is 11.7 Å². The van der Waals surface area contributed by atoms with E-state index in [1.807, 2.05) is 0 Å². The standard InChI is InChI=1S/C12H22O3/c1-14-12(6-2-3-7-12)11(13)10-4-8-15-9-5-10/h10-11,13H,2-9H2,1H3. The molecule has 0 radical (unpaired) electrons. The molecule has 1 aliphatic heterocycles. The van der Waals surface area contributed by atoms with Gasteiger partial charge in [0.05, 0.1) is 11.7 Å². The second-order valence-corrected chi connectivity index (χ2v) is 4.87. The quantitative estimate of drug-likeness (QED) is 0.777. The lowest BCUT2D eigenvalue weighted by molar-refractivity contribution is -0.133.